The van der Waals surface area contributed by atoms with Gasteiger partial charge in [0.05, 0.1) is 5.56 Å². The molecule has 1 aliphatic rings. The van der Waals surface area contributed by atoms with Crippen LogP contribution < -0.4 is 10.9 Å². The van der Waals surface area contributed by atoms with E-state index >= 15 is 0 Å². The van der Waals surface area contributed by atoms with Crippen molar-refractivity contribution in [3.63, 3.8) is 0 Å². The Morgan fingerprint density at radius 3 is 2.41 bits per heavy atom. The number of carbonyl (C=O) groups is 2. The number of H-pyrrole nitrogens is 1. The summed E-state index contributed by atoms with van der Waals surface area (Å²) in [6.45, 7) is 4.30. The molecule has 0 bridgehead atoms. The van der Waals surface area contributed by atoms with E-state index in [4.69, 9.17) is 0 Å². The second-order valence-corrected chi connectivity index (χ2v) is 6.59. The van der Waals surface area contributed by atoms with Gasteiger partial charge in [0, 0.05) is 58.0 Å². The van der Waals surface area contributed by atoms with Gasteiger partial charge in [-0.05, 0) is 11.6 Å². The minimum absolute atomic E-state index is 0.0520. The third-order valence-electron chi connectivity index (χ3n) is 4.64. The molecular weight excluding hydrogens is 344 g/mol. The Morgan fingerprint density at radius 1 is 1.00 bits per heavy atom. The highest BCUT2D eigenvalue weighted by Crippen LogP contribution is 2.09. The predicted molar refractivity (Wildman–Crippen MR) is 102 cm³/mol. The van der Waals surface area contributed by atoms with E-state index in [1.807, 2.05) is 23.1 Å². The number of aromatic amines is 1. The van der Waals surface area contributed by atoms with Crippen molar-refractivity contribution in [2.24, 2.45) is 0 Å². The summed E-state index contributed by atoms with van der Waals surface area (Å²) in [5.41, 5.74) is 1.40. The van der Waals surface area contributed by atoms with Crippen molar-refractivity contribution in [3.8, 4) is 0 Å². The molecule has 7 heteroatoms. The van der Waals surface area contributed by atoms with Crippen LogP contribution in [0.1, 0.15) is 22.3 Å². The van der Waals surface area contributed by atoms with E-state index in [-0.39, 0.29) is 30.3 Å². The fourth-order valence-electron chi connectivity index (χ4n) is 3.09. The molecule has 0 saturated carbocycles. The molecular formula is C20H24N4O3. The van der Waals surface area contributed by atoms with Crippen LogP contribution in [-0.4, -0.2) is 59.3 Å². The van der Waals surface area contributed by atoms with Gasteiger partial charge in [0.1, 0.15) is 0 Å². The molecule has 1 aliphatic heterocycles. The first kappa shape index (κ1) is 18.8. The molecule has 27 heavy (non-hydrogen) atoms. The molecule has 142 valence electrons. The highest BCUT2D eigenvalue weighted by Gasteiger charge is 2.20. The van der Waals surface area contributed by atoms with Crippen LogP contribution >= 0.6 is 0 Å². The standard InChI is InChI=1S/C20H24N4O3/c25-18-7-6-17(14-22-18)20(27)21-9-8-19(26)24-12-10-23(11-13-24)15-16-4-2-1-3-5-16/h1-7,14H,8-13,15H2,(H,21,27)(H,22,25). The monoisotopic (exact) mass is 368 g/mol. The smallest absolute Gasteiger partial charge is 0.252 e. The van der Waals surface area contributed by atoms with Gasteiger partial charge in [0.25, 0.3) is 5.91 Å². The average Bonchev–Trinajstić information content (AvgIpc) is 2.69. The van der Waals surface area contributed by atoms with Crippen molar-refractivity contribution >= 4 is 11.8 Å². The summed E-state index contributed by atoms with van der Waals surface area (Å²) < 4.78 is 0. The zero-order chi connectivity index (χ0) is 19.1. The Bertz CT molecular complexity index is 806. The van der Waals surface area contributed by atoms with E-state index < -0.39 is 0 Å². The maximum absolute atomic E-state index is 12.3. The second kappa shape index (κ2) is 9.14. The number of benzene rings is 1. The lowest BCUT2D eigenvalue weighted by Crippen LogP contribution is -2.48. The van der Waals surface area contributed by atoms with Crippen LogP contribution in [-0.2, 0) is 11.3 Å². The number of nitrogens with one attached hydrogen (secondary N) is 2. The Kier molecular flexibility index (Phi) is 6.38. The lowest BCUT2D eigenvalue weighted by molar-refractivity contribution is -0.132. The molecule has 1 aromatic carbocycles. The van der Waals surface area contributed by atoms with Gasteiger partial charge in [-0.25, -0.2) is 0 Å². The third kappa shape index (κ3) is 5.52. The first-order chi connectivity index (χ1) is 13.1. The summed E-state index contributed by atoms with van der Waals surface area (Å²) >= 11 is 0. The second-order valence-electron chi connectivity index (χ2n) is 6.59. The van der Waals surface area contributed by atoms with E-state index in [2.05, 4.69) is 27.3 Å². The van der Waals surface area contributed by atoms with Crippen molar-refractivity contribution < 1.29 is 9.59 Å². The quantitative estimate of drug-likeness (QED) is 0.791. The molecule has 7 nitrogen and oxygen atoms in total. The maximum atomic E-state index is 12.3. The summed E-state index contributed by atoms with van der Waals surface area (Å²) in [5, 5.41) is 2.71. The highest BCUT2D eigenvalue weighted by molar-refractivity contribution is 5.94. The van der Waals surface area contributed by atoms with Crippen molar-refractivity contribution in [1.82, 2.24) is 20.1 Å². The third-order valence-corrected chi connectivity index (χ3v) is 4.64. The lowest BCUT2D eigenvalue weighted by atomic mass is 10.2. The van der Waals surface area contributed by atoms with Gasteiger partial charge in [0.2, 0.25) is 11.5 Å². The van der Waals surface area contributed by atoms with E-state index in [0.29, 0.717) is 18.7 Å². The largest absolute Gasteiger partial charge is 0.351 e. The maximum Gasteiger partial charge on any atom is 0.252 e. The minimum atomic E-state index is -0.299. The molecule has 3 rings (SSSR count). The summed E-state index contributed by atoms with van der Waals surface area (Å²) in [4.78, 5) is 42.0. The van der Waals surface area contributed by atoms with Crippen molar-refractivity contribution in [1.29, 1.82) is 0 Å². The van der Waals surface area contributed by atoms with Gasteiger partial charge in [-0.15, -0.1) is 0 Å². The normalized spacial score (nSPS) is 14.7. The summed E-state index contributed by atoms with van der Waals surface area (Å²) in [6.07, 6.45) is 1.64. The number of pyridine rings is 1. The number of nitrogens with zero attached hydrogens (tertiary/aromatic N) is 2. The van der Waals surface area contributed by atoms with Gasteiger partial charge in [-0.2, -0.15) is 0 Å². The Balaban J connectivity index is 1.37. The first-order valence-electron chi connectivity index (χ1n) is 9.13. The van der Waals surface area contributed by atoms with E-state index in [1.54, 1.807) is 0 Å². The Hall–Kier alpha value is -2.93. The number of carbonyl (C=O) groups excluding carboxylic acids is 2. The molecule has 2 amide bonds. The molecule has 2 N–H and O–H groups in total. The number of piperazine rings is 1. The lowest BCUT2D eigenvalue weighted by Gasteiger charge is -2.34. The summed E-state index contributed by atoms with van der Waals surface area (Å²) in [6, 6.07) is 13.1. The Morgan fingerprint density at radius 2 is 1.74 bits per heavy atom. The highest BCUT2D eigenvalue weighted by atomic mass is 16.2. The minimum Gasteiger partial charge on any atom is -0.351 e. The van der Waals surface area contributed by atoms with Crippen LogP contribution in [0.15, 0.2) is 53.5 Å². The SMILES string of the molecule is O=C(NCCC(=O)N1CCN(Cc2ccccc2)CC1)c1ccc(=O)[nH]c1. The first-order valence-corrected chi connectivity index (χ1v) is 9.13. The molecule has 0 aliphatic carbocycles. The van der Waals surface area contributed by atoms with Crippen LogP contribution in [0.3, 0.4) is 0 Å². The molecule has 0 spiro atoms. The fourth-order valence-corrected chi connectivity index (χ4v) is 3.09. The van der Waals surface area contributed by atoms with Gasteiger partial charge in [-0.3, -0.25) is 19.3 Å². The van der Waals surface area contributed by atoms with Crippen molar-refractivity contribution in [3.05, 3.63) is 70.1 Å². The molecule has 1 fully saturated rings. The fraction of sp³-hybridized carbons (Fsp3) is 0.350. The van der Waals surface area contributed by atoms with Crippen molar-refractivity contribution in [2.45, 2.75) is 13.0 Å². The average molecular weight is 368 g/mol. The van der Waals surface area contributed by atoms with E-state index in [0.717, 1.165) is 19.6 Å². The zero-order valence-corrected chi connectivity index (χ0v) is 15.2. The van der Waals surface area contributed by atoms with Gasteiger partial charge < -0.3 is 15.2 Å². The molecule has 1 saturated heterocycles. The van der Waals surface area contributed by atoms with Crippen LogP contribution in [0, 0.1) is 0 Å². The van der Waals surface area contributed by atoms with E-state index in [9.17, 15) is 14.4 Å². The molecule has 0 atom stereocenters. The van der Waals surface area contributed by atoms with Gasteiger partial charge in [0.15, 0.2) is 0 Å². The van der Waals surface area contributed by atoms with Crippen LogP contribution in [0.25, 0.3) is 0 Å². The molecule has 0 radical (unpaired) electrons. The van der Waals surface area contributed by atoms with Crippen LogP contribution in [0.2, 0.25) is 0 Å². The molecule has 2 aromatic rings. The van der Waals surface area contributed by atoms with Crippen molar-refractivity contribution in [2.75, 3.05) is 32.7 Å². The topological polar surface area (TPSA) is 85.5 Å². The van der Waals surface area contributed by atoms with Crippen LogP contribution in [0.4, 0.5) is 0 Å². The zero-order valence-electron chi connectivity index (χ0n) is 15.2. The van der Waals surface area contributed by atoms with Crippen LogP contribution in [0.5, 0.6) is 0 Å². The van der Waals surface area contributed by atoms with E-state index in [1.165, 1.54) is 23.9 Å². The summed E-state index contributed by atoms with van der Waals surface area (Å²) in [5.74, 6) is -0.247. The number of hydrogen-bond acceptors (Lipinski definition) is 4. The Labute approximate surface area is 158 Å². The van der Waals surface area contributed by atoms with Gasteiger partial charge >= 0.3 is 0 Å². The number of hydrogen-bond donors (Lipinski definition) is 2. The number of amides is 2. The predicted octanol–water partition coefficient (Wildman–Crippen LogP) is 0.839. The molecule has 0 unspecified atom stereocenters. The molecule has 2 heterocycles. The van der Waals surface area contributed by atoms with Gasteiger partial charge in [-0.1, -0.05) is 30.3 Å². The molecule has 1 aromatic heterocycles. The number of aromatic nitrogens is 1. The summed E-state index contributed by atoms with van der Waals surface area (Å²) in [7, 11) is 0. The number of rotatable bonds is 6.